The number of nitrogens with two attached hydrogens (primary N) is 1. The Kier molecular flexibility index (Phi) is 5.72. The van der Waals surface area contributed by atoms with Crippen molar-refractivity contribution in [3.05, 3.63) is 51.4 Å². The fourth-order valence-corrected chi connectivity index (χ4v) is 2.89. The maximum atomic E-state index is 12.4. The number of amides is 2. The van der Waals surface area contributed by atoms with Gasteiger partial charge in [0.1, 0.15) is 3.70 Å². The van der Waals surface area contributed by atoms with E-state index in [1.54, 1.807) is 13.2 Å². The van der Waals surface area contributed by atoms with Crippen LogP contribution in [0.1, 0.15) is 15.9 Å². The molecule has 1 aromatic heterocycles. The number of carbonyl (C=O) groups excluding carboxylic acids is 2. The lowest BCUT2D eigenvalue weighted by atomic mass is 10.0. The van der Waals surface area contributed by atoms with E-state index < -0.39 is 24.0 Å². The standard InChI is InChI=1S/C15H17IN4O3/c1-20-8-10(13(16)19-20)15(23)18-11(12(21)14(17)22)7-9-5-3-2-4-6-9/h2-6,8,11-12,21H,7H2,1H3,(H2,17,22)(H,18,23). The summed E-state index contributed by atoms with van der Waals surface area (Å²) in [4.78, 5) is 23.7. The zero-order valence-electron chi connectivity index (χ0n) is 12.4. The van der Waals surface area contributed by atoms with Crippen LogP contribution in [0.25, 0.3) is 0 Å². The minimum Gasteiger partial charge on any atom is -0.381 e. The summed E-state index contributed by atoms with van der Waals surface area (Å²) in [6, 6.07) is 8.42. The Labute approximate surface area is 147 Å². The molecule has 0 aliphatic heterocycles. The molecule has 2 atom stereocenters. The molecule has 2 unspecified atom stereocenters. The van der Waals surface area contributed by atoms with E-state index in [1.807, 2.05) is 52.9 Å². The largest absolute Gasteiger partial charge is 0.381 e. The maximum Gasteiger partial charge on any atom is 0.255 e. The minimum atomic E-state index is -1.48. The normalized spacial score (nSPS) is 13.3. The molecule has 0 saturated heterocycles. The summed E-state index contributed by atoms with van der Waals surface area (Å²) in [7, 11) is 1.71. The molecule has 2 aromatic rings. The van der Waals surface area contributed by atoms with Crippen LogP contribution in [0.15, 0.2) is 36.5 Å². The molecule has 2 rings (SSSR count). The fraction of sp³-hybridized carbons (Fsp3) is 0.267. The van der Waals surface area contributed by atoms with E-state index >= 15 is 0 Å². The summed E-state index contributed by atoms with van der Waals surface area (Å²) in [6.07, 6.45) is 0.384. The lowest BCUT2D eigenvalue weighted by molar-refractivity contribution is -0.127. The molecule has 23 heavy (non-hydrogen) atoms. The molecule has 0 bridgehead atoms. The number of nitrogens with zero attached hydrogens (tertiary/aromatic N) is 2. The van der Waals surface area contributed by atoms with Crippen LogP contribution in [0.5, 0.6) is 0 Å². The van der Waals surface area contributed by atoms with Gasteiger partial charge in [0.05, 0.1) is 11.6 Å². The quantitative estimate of drug-likeness (QED) is 0.572. The van der Waals surface area contributed by atoms with E-state index in [4.69, 9.17) is 5.73 Å². The van der Waals surface area contributed by atoms with Crippen LogP contribution >= 0.6 is 22.6 Å². The SMILES string of the molecule is Cn1cc(C(=O)NC(Cc2ccccc2)C(O)C(N)=O)c(I)n1. The van der Waals surface area contributed by atoms with E-state index in [-0.39, 0.29) is 6.42 Å². The van der Waals surface area contributed by atoms with E-state index in [2.05, 4.69) is 10.4 Å². The number of primary amides is 1. The van der Waals surface area contributed by atoms with E-state index in [0.717, 1.165) is 5.56 Å². The van der Waals surface area contributed by atoms with Crippen molar-refractivity contribution in [1.82, 2.24) is 15.1 Å². The molecule has 0 radical (unpaired) electrons. The number of hydrogen-bond donors (Lipinski definition) is 3. The van der Waals surface area contributed by atoms with Crippen molar-refractivity contribution in [3.63, 3.8) is 0 Å². The number of carbonyl (C=O) groups is 2. The third kappa shape index (κ3) is 4.52. The van der Waals surface area contributed by atoms with Crippen LogP contribution in [0, 0.1) is 3.70 Å². The average molecular weight is 428 g/mol. The molecule has 2 amide bonds. The Morgan fingerprint density at radius 2 is 2.04 bits per heavy atom. The predicted octanol–water partition coefficient (Wildman–Crippen LogP) is 0.212. The van der Waals surface area contributed by atoms with Crippen molar-refractivity contribution in [2.75, 3.05) is 0 Å². The number of halogens is 1. The highest BCUT2D eigenvalue weighted by atomic mass is 127. The first-order chi connectivity index (χ1) is 10.9. The van der Waals surface area contributed by atoms with Crippen molar-refractivity contribution < 1.29 is 14.7 Å². The second kappa shape index (κ2) is 7.55. The van der Waals surface area contributed by atoms with E-state index in [9.17, 15) is 14.7 Å². The Bertz CT molecular complexity index is 702. The van der Waals surface area contributed by atoms with Gasteiger partial charge in [0.15, 0.2) is 6.10 Å². The fourth-order valence-electron chi connectivity index (χ4n) is 2.17. The molecule has 0 fully saturated rings. The van der Waals surface area contributed by atoms with Crippen LogP contribution in [0.4, 0.5) is 0 Å². The van der Waals surface area contributed by atoms with Gasteiger partial charge in [-0.1, -0.05) is 30.3 Å². The van der Waals surface area contributed by atoms with Crippen LogP contribution in [0.2, 0.25) is 0 Å². The number of aliphatic hydroxyl groups excluding tert-OH is 1. The number of rotatable bonds is 6. The van der Waals surface area contributed by atoms with Crippen LogP contribution in [-0.4, -0.2) is 38.8 Å². The summed E-state index contributed by atoms with van der Waals surface area (Å²) in [6.45, 7) is 0. The Morgan fingerprint density at radius 1 is 1.39 bits per heavy atom. The van der Waals surface area contributed by atoms with Crippen LogP contribution in [-0.2, 0) is 18.3 Å². The van der Waals surface area contributed by atoms with Gasteiger partial charge in [0, 0.05) is 13.2 Å². The zero-order valence-corrected chi connectivity index (χ0v) is 14.6. The van der Waals surface area contributed by atoms with Gasteiger partial charge in [-0.2, -0.15) is 5.10 Å². The minimum absolute atomic E-state index is 0.285. The molecule has 0 aliphatic carbocycles. The van der Waals surface area contributed by atoms with Crippen LogP contribution < -0.4 is 11.1 Å². The molecule has 0 spiro atoms. The first-order valence-electron chi connectivity index (χ1n) is 6.89. The zero-order chi connectivity index (χ0) is 17.0. The third-order valence-corrected chi connectivity index (χ3v) is 4.11. The number of hydrogen-bond acceptors (Lipinski definition) is 4. The molecule has 7 nitrogen and oxygen atoms in total. The first-order valence-corrected chi connectivity index (χ1v) is 7.97. The van der Waals surface area contributed by atoms with Crippen molar-refractivity contribution >= 4 is 34.4 Å². The van der Waals surface area contributed by atoms with Crippen molar-refractivity contribution in [1.29, 1.82) is 0 Å². The second-order valence-corrected chi connectivity index (χ2v) is 6.15. The highest BCUT2D eigenvalue weighted by molar-refractivity contribution is 14.1. The molecule has 0 aliphatic rings. The molecule has 122 valence electrons. The monoisotopic (exact) mass is 428 g/mol. The highest BCUT2D eigenvalue weighted by Gasteiger charge is 2.27. The van der Waals surface area contributed by atoms with Gasteiger partial charge in [0.2, 0.25) is 5.91 Å². The molecule has 0 saturated carbocycles. The van der Waals surface area contributed by atoms with Gasteiger partial charge in [-0.15, -0.1) is 0 Å². The Morgan fingerprint density at radius 3 is 2.57 bits per heavy atom. The molecule has 1 heterocycles. The van der Waals surface area contributed by atoms with Gasteiger partial charge in [-0.25, -0.2) is 0 Å². The van der Waals surface area contributed by atoms with Crippen molar-refractivity contribution in [2.24, 2.45) is 12.8 Å². The predicted molar refractivity (Wildman–Crippen MR) is 92.5 cm³/mol. The number of nitrogens with one attached hydrogen (secondary N) is 1. The average Bonchev–Trinajstić information content (AvgIpc) is 2.85. The maximum absolute atomic E-state index is 12.4. The molecule has 4 N–H and O–H groups in total. The molecule has 1 aromatic carbocycles. The number of aliphatic hydroxyl groups is 1. The highest BCUT2D eigenvalue weighted by Crippen LogP contribution is 2.12. The van der Waals surface area contributed by atoms with Crippen molar-refractivity contribution in [3.8, 4) is 0 Å². The summed E-state index contributed by atoms with van der Waals surface area (Å²) in [5.41, 5.74) is 6.43. The number of benzene rings is 1. The Hall–Kier alpha value is -1.94. The molecular formula is C15H17IN4O3. The van der Waals surface area contributed by atoms with Gasteiger partial charge in [-0.3, -0.25) is 14.3 Å². The number of aryl methyl sites for hydroxylation is 1. The second-order valence-electron chi connectivity index (χ2n) is 5.12. The van der Waals surface area contributed by atoms with E-state index in [0.29, 0.717) is 9.26 Å². The van der Waals surface area contributed by atoms with Gasteiger partial charge in [-0.05, 0) is 34.6 Å². The summed E-state index contributed by atoms with van der Waals surface area (Å²) in [5, 5.41) is 16.8. The summed E-state index contributed by atoms with van der Waals surface area (Å²) < 4.78 is 2.06. The topological polar surface area (TPSA) is 110 Å². The Balaban J connectivity index is 2.18. The lowest BCUT2D eigenvalue weighted by Crippen LogP contribution is -2.50. The van der Waals surface area contributed by atoms with E-state index in [1.165, 1.54) is 4.68 Å². The van der Waals surface area contributed by atoms with Gasteiger partial charge in [0.25, 0.3) is 5.91 Å². The number of aromatic nitrogens is 2. The summed E-state index contributed by atoms with van der Waals surface area (Å²) in [5.74, 6) is -1.30. The van der Waals surface area contributed by atoms with Gasteiger partial charge < -0.3 is 16.2 Å². The van der Waals surface area contributed by atoms with Crippen molar-refractivity contribution in [2.45, 2.75) is 18.6 Å². The molecule has 8 heteroatoms. The first kappa shape index (κ1) is 17.4. The third-order valence-electron chi connectivity index (χ3n) is 3.32. The summed E-state index contributed by atoms with van der Waals surface area (Å²) >= 11 is 1.95. The smallest absolute Gasteiger partial charge is 0.255 e. The van der Waals surface area contributed by atoms with Gasteiger partial charge >= 0.3 is 0 Å². The molecular weight excluding hydrogens is 411 g/mol. The lowest BCUT2D eigenvalue weighted by Gasteiger charge is -2.22. The van der Waals surface area contributed by atoms with Crippen LogP contribution in [0.3, 0.4) is 0 Å².